The molecule has 32 heavy (non-hydrogen) atoms. The summed E-state index contributed by atoms with van der Waals surface area (Å²) in [5.74, 6) is 1.18. The highest BCUT2D eigenvalue weighted by Crippen LogP contribution is 2.20. The van der Waals surface area contributed by atoms with Gasteiger partial charge < -0.3 is 14.5 Å². The number of carbonyl (C=O) groups is 1. The van der Waals surface area contributed by atoms with Gasteiger partial charge in [-0.2, -0.15) is 0 Å². The molecule has 1 saturated heterocycles. The lowest BCUT2D eigenvalue weighted by Crippen LogP contribution is -2.52. The topological polar surface area (TPSA) is 58.6 Å². The maximum Gasteiger partial charge on any atom is 0.263 e. The zero-order chi connectivity index (χ0) is 22.5. The molecule has 1 unspecified atom stereocenters. The average Bonchev–Trinajstić information content (AvgIpc) is 2.85. The second kappa shape index (κ2) is 9.77. The first-order valence-corrected chi connectivity index (χ1v) is 10.9. The van der Waals surface area contributed by atoms with E-state index in [4.69, 9.17) is 4.74 Å². The average molecular weight is 435 g/mol. The van der Waals surface area contributed by atoms with Gasteiger partial charge in [0.2, 0.25) is 0 Å². The normalized spacial score (nSPS) is 14.8. The quantitative estimate of drug-likeness (QED) is 0.588. The molecule has 0 saturated carbocycles. The summed E-state index contributed by atoms with van der Waals surface area (Å²) < 4.78 is 19.0. The van der Waals surface area contributed by atoms with Gasteiger partial charge in [-0.1, -0.05) is 19.1 Å². The van der Waals surface area contributed by atoms with Crippen molar-refractivity contribution in [2.24, 2.45) is 0 Å². The van der Waals surface area contributed by atoms with E-state index in [0.29, 0.717) is 37.6 Å². The highest BCUT2D eigenvalue weighted by Gasteiger charge is 2.26. The van der Waals surface area contributed by atoms with Crippen LogP contribution in [0, 0.1) is 5.82 Å². The first-order chi connectivity index (χ1) is 15.5. The number of hydrogen-bond acceptors (Lipinski definition) is 5. The summed E-state index contributed by atoms with van der Waals surface area (Å²) in [7, 11) is 0. The number of aromatic nitrogens is 2. The lowest BCUT2D eigenvalue weighted by molar-refractivity contribution is -0.138. The number of rotatable bonds is 6. The molecular formula is C25H27FN4O2. The Labute approximate surface area is 187 Å². The fourth-order valence-corrected chi connectivity index (χ4v) is 3.74. The van der Waals surface area contributed by atoms with Crippen molar-refractivity contribution < 1.29 is 13.9 Å². The third kappa shape index (κ3) is 5.04. The Morgan fingerprint density at radius 3 is 2.25 bits per heavy atom. The van der Waals surface area contributed by atoms with Crippen molar-refractivity contribution in [2.45, 2.75) is 26.4 Å². The highest BCUT2D eigenvalue weighted by molar-refractivity contribution is 5.81. The number of ether oxygens (including phenoxy) is 1. The van der Waals surface area contributed by atoms with E-state index in [2.05, 4.69) is 22.0 Å². The zero-order valence-electron chi connectivity index (χ0n) is 18.4. The maximum atomic E-state index is 13.1. The number of nitrogens with zero attached hydrogens (tertiary/aromatic N) is 4. The molecule has 0 spiro atoms. The fourth-order valence-electron chi connectivity index (χ4n) is 3.74. The molecule has 2 aromatic carbocycles. The molecular weight excluding hydrogens is 407 g/mol. The van der Waals surface area contributed by atoms with E-state index in [1.807, 2.05) is 41.3 Å². The highest BCUT2D eigenvalue weighted by atomic mass is 19.1. The van der Waals surface area contributed by atoms with E-state index in [1.165, 1.54) is 17.7 Å². The van der Waals surface area contributed by atoms with Crippen LogP contribution in [0.1, 0.15) is 19.4 Å². The van der Waals surface area contributed by atoms with Gasteiger partial charge in [0.1, 0.15) is 11.6 Å². The minimum atomic E-state index is -0.538. The van der Waals surface area contributed by atoms with Crippen LogP contribution in [-0.4, -0.2) is 53.3 Å². The Balaban J connectivity index is 1.31. The molecule has 2 heterocycles. The van der Waals surface area contributed by atoms with Gasteiger partial charge >= 0.3 is 0 Å². The summed E-state index contributed by atoms with van der Waals surface area (Å²) >= 11 is 0. The molecule has 0 aliphatic carbocycles. The number of piperazine rings is 1. The van der Waals surface area contributed by atoms with E-state index in [0.717, 1.165) is 17.8 Å². The van der Waals surface area contributed by atoms with Gasteiger partial charge in [0.15, 0.2) is 11.9 Å². The Bertz CT molecular complexity index is 1030. The van der Waals surface area contributed by atoms with Gasteiger partial charge in [-0.15, -0.1) is 10.2 Å². The van der Waals surface area contributed by atoms with Crippen LogP contribution >= 0.6 is 0 Å². The van der Waals surface area contributed by atoms with Crippen LogP contribution in [0.25, 0.3) is 11.3 Å². The van der Waals surface area contributed by atoms with Gasteiger partial charge in [-0.05, 0) is 67.4 Å². The number of anilines is 1. The third-order valence-electron chi connectivity index (χ3n) is 5.70. The summed E-state index contributed by atoms with van der Waals surface area (Å²) in [6.07, 6.45) is 0.432. The van der Waals surface area contributed by atoms with Crippen LogP contribution in [0.4, 0.5) is 10.2 Å². The molecule has 0 N–H and O–H groups in total. The van der Waals surface area contributed by atoms with Crippen LogP contribution in [0.15, 0.2) is 60.7 Å². The second-order valence-corrected chi connectivity index (χ2v) is 7.85. The molecule has 1 amide bonds. The van der Waals surface area contributed by atoms with Gasteiger partial charge in [0.25, 0.3) is 5.91 Å². The number of hydrogen-bond donors (Lipinski definition) is 0. The number of benzene rings is 2. The fraction of sp³-hybridized carbons (Fsp3) is 0.320. The minimum absolute atomic E-state index is 0.0121. The smallest absolute Gasteiger partial charge is 0.263 e. The first-order valence-electron chi connectivity index (χ1n) is 10.9. The van der Waals surface area contributed by atoms with E-state index in [-0.39, 0.29) is 11.7 Å². The van der Waals surface area contributed by atoms with Gasteiger partial charge in [-0.3, -0.25) is 4.79 Å². The van der Waals surface area contributed by atoms with Crippen molar-refractivity contribution in [1.82, 2.24) is 15.1 Å². The van der Waals surface area contributed by atoms with Gasteiger partial charge in [0, 0.05) is 31.7 Å². The number of carbonyl (C=O) groups excluding carboxylic acids is 1. The van der Waals surface area contributed by atoms with Crippen LogP contribution in [0.5, 0.6) is 5.75 Å². The standard InChI is InChI=1S/C25H27FN4O2/c1-3-19-4-10-22(11-5-19)32-18(2)25(31)30-16-14-29(15-17-30)24-13-12-23(27-28-24)20-6-8-21(26)9-7-20/h4-13,18H,3,14-17H2,1-2H3. The van der Waals surface area contributed by atoms with E-state index in [1.54, 1.807) is 19.1 Å². The van der Waals surface area contributed by atoms with E-state index in [9.17, 15) is 9.18 Å². The van der Waals surface area contributed by atoms with Gasteiger partial charge in [0.05, 0.1) is 5.69 Å². The Hall–Kier alpha value is -3.48. The predicted octanol–water partition coefficient (Wildman–Crippen LogP) is 3.96. The van der Waals surface area contributed by atoms with Crippen molar-refractivity contribution in [3.8, 4) is 17.0 Å². The number of aryl methyl sites for hydroxylation is 1. The van der Waals surface area contributed by atoms with E-state index >= 15 is 0 Å². The number of halogens is 1. The molecule has 7 heteroatoms. The predicted molar refractivity (Wildman–Crippen MR) is 122 cm³/mol. The summed E-state index contributed by atoms with van der Waals surface area (Å²) in [5, 5.41) is 8.61. The molecule has 1 atom stereocenters. The third-order valence-corrected chi connectivity index (χ3v) is 5.70. The molecule has 4 rings (SSSR count). The SMILES string of the molecule is CCc1ccc(OC(C)C(=O)N2CCN(c3ccc(-c4ccc(F)cc4)nn3)CC2)cc1. The van der Waals surface area contributed by atoms with Gasteiger partial charge in [-0.25, -0.2) is 4.39 Å². The molecule has 6 nitrogen and oxygen atoms in total. The molecule has 1 aliphatic heterocycles. The molecule has 1 aliphatic rings. The van der Waals surface area contributed by atoms with Crippen molar-refractivity contribution in [3.05, 3.63) is 72.0 Å². The molecule has 166 valence electrons. The Morgan fingerprint density at radius 1 is 0.969 bits per heavy atom. The molecule has 1 aromatic heterocycles. The van der Waals surface area contributed by atoms with Crippen LogP contribution in [0.3, 0.4) is 0 Å². The molecule has 3 aromatic rings. The van der Waals surface area contributed by atoms with Crippen molar-refractivity contribution in [1.29, 1.82) is 0 Å². The lowest BCUT2D eigenvalue weighted by Gasteiger charge is -2.36. The van der Waals surface area contributed by atoms with Crippen molar-refractivity contribution >= 4 is 11.7 Å². The lowest BCUT2D eigenvalue weighted by atomic mass is 10.1. The van der Waals surface area contributed by atoms with Crippen molar-refractivity contribution in [2.75, 3.05) is 31.1 Å². The van der Waals surface area contributed by atoms with Crippen molar-refractivity contribution in [3.63, 3.8) is 0 Å². The second-order valence-electron chi connectivity index (χ2n) is 7.85. The maximum absolute atomic E-state index is 13.1. The zero-order valence-corrected chi connectivity index (χ0v) is 18.4. The molecule has 0 bridgehead atoms. The summed E-state index contributed by atoms with van der Waals surface area (Å²) in [6, 6.07) is 17.8. The Morgan fingerprint density at radius 2 is 1.66 bits per heavy atom. The summed E-state index contributed by atoms with van der Waals surface area (Å²) in [4.78, 5) is 16.8. The van der Waals surface area contributed by atoms with E-state index < -0.39 is 6.10 Å². The molecule has 0 radical (unpaired) electrons. The largest absolute Gasteiger partial charge is 0.481 e. The monoisotopic (exact) mass is 434 g/mol. The minimum Gasteiger partial charge on any atom is -0.481 e. The number of amides is 1. The Kier molecular flexibility index (Phi) is 6.63. The molecule has 1 fully saturated rings. The van der Waals surface area contributed by atoms with Crippen LogP contribution in [0.2, 0.25) is 0 Å². The first kappa shape index (κ1) is 21.7. The van der Waals surface area contributed by atoms with Crippen LogP contribution in [-0.2, 0) is 11.2 Å². The summed E-state index contributed by atoms with van der Waals surface area (Å²) in [6.45, 7) is 6.45. The summed E-state index contributed by atoms with van der Waals surface area (Å²) in [5.41, 5.74) is 2.75. The van der Waals surface area contributed by atoms with Crippen LogP contribution < -0.4 is 9.64 Å².